The van der Waals surface area contributed by atoms with Crippen molar-refractivity contribution in [3.8, 4) is 11.5 Å². The normalized spacial score (nSPS) is 13.8. The Morgan fingerprint density at radius 1 is 0.917 bits per heavy atom. The van der Waals surface area contributed by atoms with Crippen molar-refractivity contribution in [3.63, 3.8) is 0 Å². The molecule has 1 aliphatic rings. The quantitative estimate of drug-likeness (QED) is 0.855. The zero-order valence-corrected chi connectivity index (χ0v) is 14.2. The van der Waals surface area contributed by atoms with Crippen molar-refractivity contribution in [1.29, 1.82) is 0 Å². The van der Waals surface area contributed by atoms with Crippen LogP contribution in [0.4, 0.5) is 0 Å². The predicted octanol–water partition coefficient (Wildman–Crippen LogP) is 2.61. The molecule has 1 N–H and O–H groups in total. The number of hydrogen-bond acceptors (Lipinski definition) is 5. The Bertz CT molecular complexity index is 771. The lowest BCUT2D eigenvalue weighted by Crippen LogP contribution is -2.50. The first-order chi connectivity index (χ1) is 11.5. The molecule has 0 saturated carbocycles. The maximum absolute atomic E-state index is 12.8. The van der Waals surface area contributed by atoms with Crippen LogP contribution in [0.15, 0.2) is 24.3 Å². The number of benzene rings is 2. The van der Waals surface area contributed by atoms with E-state index < -0.39 is 0 Å². The van der Waals surface area contributed by atoms with Gasteiger partial charge in [0.25, 0.3) is 11.8 Å². The van der Waals surface area contributed by atoms with E-state index in [0.717, 1.165) is 5.01 Å². The molecule has 0 unspecified atom stereocenters. The third-order valence-corrected chi connectivity index (χ3v) is 4.05. The first-order valence-electron chi connectivity index (χ1n) is 7.79. The minimum Gasteiger partial charge on any atom is -0.496 e. The van der Waals surface area contributed by atoms with Gasteiger partial charge in [0, 0.05) is 11.9 Å². The molecule has 2 aromatic rings. The second kappa shape index (κ2) is 6.13. The van der Waals surface area contributed by atoms with Crippen molar-refractivity contribution < 1.29 is 19.1 Å². The number of methoxy groups -OCH3 is 2. The van der Waals surface area contributed by atoms with Crippen LogP contribution < -0.4 is 14.9 Å². The first kappa shape index (κ1) is 16.3. The molecule has 0 radical (unpaired) electrons. The van der Waals surface area contributed by atoms with Gasteiger partial charge >= 0.3 is 0 Å². The molecule has 6 nitrogen and oxygen atoms in total. The molecule has 24 heavy (non-hydrogen) atoms. The molecular formula is C18H20N2O4. The van der Waals surface area contributed by atoms with Gasteiger partial charge in [-0.15, -0.1) is 0 Å². The van der Waals surface area contributed by atoms with Gasteiger partial charge in [0.15, 0.2) is 0 Å². The summed E-state index contributed by atoms with van der Waals surface area (Å²) in [6.07, 6.45) is 0. The Balaban J connectivity index is 2.22. The highest BCUT2D eigenvalue weighted by molar-refractivity contribution is 6.26. The number of amides is 2. The fourth-order valence-corrected chi connectivity index (χ4v) is 2.88. The standard InChI is InChI=1S/C18H20N2O4/c1-10(2)9-19-20-17(21)11-5-7-13(23-3)16-14(24-4)8-6-12(15(11)16)18(20)22/h5-8,10,19H,9H2,1-4H3. The van der Waals surface area contributed by atoms with Gasteiger partial charge in [0.1, 0.15) is 11.5 Å². The Kier molecular flexibility index (Phi) is 4.15. The zero-order valence-electron chi connectivity index (χ0n) is 14.2. The third kappa shape index (κ3) is 2.39. The van der Waals surface area contributed by atoms with Crippen molar-refractivity contribution in [2.75, 3.05) is 20.8 Å². The Morgan fingerprint density at radius 3 is 1.83 bits per heavy atom. The summed E-state index contributed by atoms with van der Waals surface area (Å²) in [6, 6.07) is 6.81. The molecule has 3 rings (SSSR count). The third-order valence-electron chi connectivity index (χ3n) is 4.05. The van der Waals surface area contributed by atoms with Gasteiger partial charge in [-0.05, 0) is 30.2 Å². The smallest absolute Gasteiger partial charge is 0.275 e. The molecule has 6 heteroatoms. The van der Waals surface area contributed by atoms with Gasteiger partial charge in [0.05, 0.1) is 30.7 Å². The van der Waals surface area contributed by atoms with Crippen LogP contribution in [0.1, 0.15) is 34.6 Å². The summed E-state index contributed by atoms with van der Waals surface area (Å²) >= 11 is 0. The highest BCUT2D eigenvalue weighted by Crippen LogP contribution is 2.40. The molecule has 1 heterocycles. The summed E-state index contributed by atoms with van der Waals surface area (Å²) in [5, 5.41) is 2.31. The zero-order chi connectivity index (χ0) is 17.4. The summed E-state index contributed by atoms with van der Waals surface area (Å²) in [5.74, 6) is 0.704. The minimum atomic E-state index is -0.367. The lowest BCUT2D eigenvalue weighted by Gasteiger charge is -2.28. The average molecular weight is 328 g/mol. The van der Waals surface area contributed by atoms with Crippen LogP contribution in [0.25, 0.3) is 10.8 Å². The molecule has 0 aliphatic carbocycles. The van der Waals surface area contributed by atoms with Gasteiger partial charge in [-0.1, -0.05) is 13.8 Å². The molecule has 0 fully saturated rings. The van der Waals surface area contributed by atoms with Crippen LogP contribution in [0.2, 0.25) is 0 Å². The summed E-state index contributed by atoms with van der Waals surface area (Å²) in [6.45, 7) is 4.55. The largest absolute Gasteiger partial charge is 0.496 e. The van der Waals surface area contributed by atoms with Gasteiger partial charge < -0.3 is 9.47 Å². The molecule has 0 bridgehead atoms. The van der Waals surface area contributed by atoms with Crippen LogP contribution in [0, 0.1) is 5.92 Å². The fraction of sp³-hybridized carbons (Fsp3) is 0.333. The Labute approximate surface area is 140 Å². The molecule has 0 spiro atoms. The second-order valence-corrected chi connectivity index (χ2v) is 6.08. The van der Waals surface area contributed by atoms with E-state index in [1.54, 1.807) is 38.5 Å². The van der Waals surface area contributed by atoms with E-state index in [9.17, 15) is 9.59 Å². The number of rotatable bonds is 5. The van der Waals surface area contributed by atoms with Crippen molar-refractivity contribution in [3.05, 3.63) is 35.4 Å². The Hall–Kier alpha value is -2.60. The lowest BCUT2D eigenvalue weighted by atomic mass is 9.93. The van der Waals surface area contributed by atoms with Crippen LogP contribution >= 0.6 is 0 Å². The van der Waals surface area contributed by atoms with Gasteiger partial charge in [-0.2, -0.15) is 0 Å². The molecule has 2 amide bonds. The van der Waals surface area contributed by atoms with Crippen molar-refractivity contribution >= 4 is 22.6 Å². The van der Waals surface area contributed by atoms with Gasteiger partial charge in [-0.25, -0.2) is 10.4 Å². The molecule has 2 aromatic carbocycles. The molecule has 0 atom stereocenters. The number of ether oxygens (including phenoxy) is 2. The Morgan fingerprint density at radius 2 is 1.42 bits per heavy atom. The minimum absolute atomic E-state index is 0.304. The lowest BCUT2D eigenvalue weighted by molar-refractivity contribution is 0.0513. The SMILES string of the molecule is COc1ccc2c3c(ccc(OC)c13)C(=O)N(NCC(C)C)C2=O. The first-order valence-corrected chi connectivity index (χ1v) is 7.79. The number of nitrogens with zero attached hydrogens (tertiary/aromatic N) is 1. The summed E-state index contributed by atoms with van der Waals surface area (Å²) in [4.78, 5) is 25.6. The molecule has 0 saturated heterocycles. The highest BCUT2D eigenvalue weighted by atomic mass is 16.5. The maximum Gasteiger partial charge on any atom is 0.275 e. The molecule has 1 aliphatic heterocycles. The second-order valence-electron chi connectivity index (χ2n) is 6.08. The van der Waals surface area contributed by atoms with E-state index in [0.29, 0.717) is 45.9 Å². The van der Waals surface area contributed by atoms with Crippen molar-refractivity contribution in [2.24, 2.45) is 5.92 Å². The van der Waals surface area contributed by atoms with Crippen LogP contribution in [-0.2, 0) is 0 Å². The molecule has 0 aromatic heterocycles. The summed E-state index contributed by atoms with van der Waals surface area (Å²) in [7, 11) is 3.10. The highest BCUT2D eigenvalue weighted by Gasteiger charge is 2.34. The fourth-order valence-electron chi connectivity index (χ4n) is 2.88. The van der Waals surface area contributed by atoms with E-state index >= 15 is 0 Å². The van der Waals surface area contributed by atoms with Crippen molar-refractivity contribution in [2.45, 2.75) is 13.8 Å². The number of imide groups is 1. The number of hydrogen-bond donors (Lipinski definition) is 1. The van der Waals surface area contributed by atoms with E-state index in [2.05, 4.69) is 5.43 Å². The van der Waals surface area contributed by atoms with E-state index in [-0.39, 0.29) is 11.8 Å². The van der Waals surface area contributed by atoms with Crippen molar-refractivity contribution in [1.82, 2.24) is 10.4 Å². The van der Waals surface area contributed by atoms with E-state index in [1.807, 2.05) is 13.8 Å². The summed E-state index contributed by atoms with van der Waals surface area (Å²) in [5.41, 5.74) is 3.84. The van der Waals surface area contributed by atoms with Gasteiger partial charge in [0.2, 0.25) is 0 Å². The summed E-state index contributed by atoms with van der Waals surface area (Å²) < 4.78 is 10.8. The van der Waals surface area contributed by atoms with Gasteiger partial charge in [-0.3, -0.25) is 9.59 Å². The number of carbonyl (C=O) groups is 2. The topological polar surface area (TPSA) is 67.9 Å². The monoisotopic (exact) mass is 328 g/mol. The predicted molar refractivity (Wildman–Crippen MR) is 90.4 cm³/mol. The van der Waals surface area contributed by atoms with Crippen LogP contribution in [0.3, 0.4) is 0 Å². The number of hydrazine groups is 1. The van der Waals surface area contributed by atoms with Crippen LogP contribution in [-0.4, -0.2) is 37.6 Å². The number of carbonyl (C=O) groups excluding carboxylic acids is 2. The van der Waals surface area contributed by atoms with E-state index in [1.165, 1.54) is 0 Å². The maximum atomic E-state index is 12.8. The molecular weight excluding hydrogens is 308 g/mol. The average Bonchev–Trinajstić information content (AvgIpc) is 2.58. The molecule has 126 valence electrons. The van der Waals surface area contributed by atoms with E-state index in [4.69, 9.17) is 9.47 Å². The van der Waals surface area contributed by atoms with Crippen LogP contribution in [0.5, 0.6) is 11.5 Å². The number of nitrogens with one attached hydrogen (secondary N) is 1.